The number of hydrogen-bond acceptors (Lipinski definition) is 5. The average molecular weight is 266 g/mol. The SMILES string of the molecule is COCCCN(C)c1cnc(CNC(C)(C)C)cn1. The zero-order valence-corrected chi connectivity index (χ0v) is 12.7. The number of aromatic nitrogens is 2. The van der Waals surface area contributed by atoms with Crippen molar-refractivity contribution < 1.29 is 4.74 Å². The van der Waals surface area contributed by atoms with E-state index in [0.717, 1.165) is 37.6 Å². The van der Waals surface area contributed by atoms with E-state index in [4.69, 9.17) is 4.74 Å². The predicted molar refractivity (Wildman–Crippen MR) is 78.4 cm³/mol. The summed E-state index contributed by atoms with van der Waals surface area (Å²) in [7, 11) is 3.74. The first-order valence-corrected chi connectivity index (χ1v) is 6.68. The maximum Gasteiger partial charge on any atom is 0.146 e. The van der Waals surface area contributed by atoms with Crippen molar-refractivity contribution in [3.8, 4) is 0 Å². The second-order valence-electron chi connectivity index (χ2n) is 5.74. The monoisotopic (exact) mass is 266 g/mol. The van der Waals surface area contributed by atoms with Crippen LogP contribution in [0.3, 0.4) is 0 Å². The van der Waals surface area contributed by atoms with Crippen molar-refractivity contribution in [3.05, 3.63) is 18.1 Å². The highest BCUT2D eigenvalue weighted by Crippen LogP contribution is 2.08. The van der Waals surface area contributed by atoms with Gasteiger partial charge in [-0.3, -0.25) is 4.98 Å². The maximum absolute atomic E-state index is 5.04. The van der Waals surface area contributed by atoms with E-state index in [1.165, 1.54) is 0 Å². The third-order valence-electron chi connectivity index (χ3n) is 2.72. The molecule has 1 N–H and O–H groups in total. The summed E-state index contributed by atoms with van der Waals surface area (Å²) in [4.78, 5) is 11.0. The zero-order chi connectivity index (χ0) is 14.3. The van der Waals surface area contributed by atoms with E-state index >= 15 is 0 Å². The molecule has 19 heavy (non-hydrogen) atoms. The van der Waals surface area contributed by atoms with Gasteiger partial charge < -0.3 is 15.0 Å². The molecule has 5 nitrogen and oxygen atoms in total. The van der Waals surface area contributed by atoms with Crippen molar-refractivity contribution in [2.45, 2.75) is 39.3 Å². The predicted octanol–water partition coefficient (Wildman–Crippen LogP) is 1.84. The van der Waals surface area contributed by atoms with E-state index in [0.29, 0.717) is 0 Å². The molecule has 0 unspecified atom stereocenters. The van der Waals surface area contributed by atoms with Crippen molar-refractivity contribution >= 4 is 5.82 Å². The quantitative estimate of drug-likeness (QED) is 0.763. The lowest BCUT2D eigenvalue weighted by Crippen LogP contribution is -2.35. The third kappa shape index (κ3) is 6.50. The van der Waals surface area contributed by atoms with Crippen LogP contribution in [0.4, 0.5) is 5.82 Å². The largest absolute Gasteiger partial charge is 0.385 e. The lowest BCUT2D eigenvalue weighted by Gasteiger charge is -2.21. The lowest BCUT2D eigenvalue weighted by atomic mass is 10.1. The summed E-state index contributed by atoms with van der Waals surface area (Å²) in [6.07, 6.45) is 4.65. The number of hydrogen-bond donors (Lipinski definition) is 1. The van der Waals surface area contributed by atoms with Gasteiger partial charge in [-0.15, -0.1) is 0 Å². The van der Waals surface area contributed by atoms with E-state index in [-0.39, 0.29) is 5.54 Å². The molecule has 0 bridgehead atoms. The summed E-state index contributed by atoms with van der Waals surface area (Å²) in [5.74, 6) is 0.899. The van der Waals surface area contributed by atoms with Crippen LogP contribution in [0.15, 0.2) is 12.4 Å². The lowest BCUT2D eigenvalue weighted by molar-refractivity contribution is 0.196. The molecule has 108 valence electrons. The van der Waals surface area contributed by atoms with E-state index in [9.17, 15) is 0 Å². The Labute approximate surface area is 116 Å². The highest BCUT2D eigenvalue weighted by atomic mass is 16.5. The van der Waals surface area contributed by atoms with Crippen molar-refractivity contribution in [3.63, 3.8) is 0 Å². The molecule has 0 saturated heterocycles. The van der Waals surface area contributed by atoms with Crippen LogP contribution in [0.5, 0.6) is 0 Å². The highest BCUT2D eigenvalue weighted by molar-refractivity contribution is 5.34. The molecule has 0 aliphatic heterocycles. The molecule has 0 fully saturated rings. The number of rotatable bonds is 7. The van der Waals surface area contributed by atoms with Crippen LogP contribution in [-0.2, 0) is 11.3 Å². The van der Waals surface area contributed by atoms with E-state index in [2.05, 4.69) is 41.0 Å². The minimum atomic E-state index is 0.0945. The molecule has 1 aromatic rings. The fourth-order valence-corrected chi connectivity index (χ4v) is 1.55. The van der Waals surface area contributed by atoms with E-state index in [1.807, 2.05) is 19.4 Å². The summed E-state index contributed by atoms with van der Waals surface area (Å²) in [5.41, 5.74) is 1.06. The van der Waals surface area contributed by atoms with Gasteiger partial charge in [0.25, 0.3) is 0 Å². The number of anilines is 1. The van der Waals surface area contributed by atoms with Gasteiger partial charge in [0.1, 0.15) is 5.82 Å². The molecule has 0 aliphatic rings. The van der Waals surface area contributed by atoms with Crippen LogP contribution in [0.2, 0.25) is 0 Å². The van der Waals surface area contributed by atoms with Crippen LogP contribution < -0.4 is 10.2 Å². The van der Waals surface area contributed by atoms with Crippen LogP contribution in [0.25, 0.3) is 0 Å². The van der Waals surface area contributed by atoms with E-state index in [1.54, 1.807) is 7.11 Å². The summed E-state index contributed by atoms with van der Waals surface area (Å²) in [6, 6.07) is 0. The van der Waals surface area contributed by atoms with E-state index < -0.39 is 0 Å². The number of nitrogens with zero attached hydrogens (tertiary/aromatic N) is 3. The average Bonchev–Trinajstić information content (AvgIpc) is 2.36. The number of nitrogens with one attached hydrogen (secondary N) is 1. The van der Waals surface area contributed by atoms with Crippen molar-refractivity contribution in [2.24, 2.45) is 0 Å². The highest BCUT2D eigenvalue weighted by Gasteiger charge is 2.09. The van der Waals surface area contributed by atoms with Gasteiger partial charge in [-0.2, -0.15) is 0 Å². The second kappa shape index (κ2) is 7.40. The fourth-order valence-electron chi connectivity index (χ4n) is 1.55. The molecule has 5 heteroatoms. The molecule has 0 aromatic carbocycles. The Morgan fingerprint density at radius 3 is 2.53 bits per heavy atom. The second-order valence-corrected chi connectivity index (χ2v) is 5.74. The first kappa shape index (κ1) is 15.9. The van der Waals surface area contributed by atoms with Crippen LogP contribution in [0, 0.1) is 0 Å². The zero-order valence-electron chi connectivity index (χ0n) is 12.7. The summed E-state index contributed by atoms with van der Waals surface area (Å²) >= 11 is 0. The van der Waals surface area contributed by atoms with Gasteiger partial charge in [0.2, 0.25) is 0 Å². The molecule has 1 aromatic heterocycles. The molecule has 0 aliphatic carbocycles. The minimum absolute atomic E-state index is 0.0945. The topological polar surface area (TPSA) is 50.3 Å². The Morgan fingerprint density at radius 2 is 2.00 bits per heavy atom. The first-order valence-electron chi connectivity index (χ1n) is 6.68. The molecular formula is C14H26N4O. The Morgan fingerprint density at radius 1 is 1.26 bits per heavy atom. The van der Waals surface area contributed by atoms with Gasteiger partial charge in [0.05, 0.1) is 18.1 Å². The fraction of sp³-hybridized carbons (Fsp3) is 0.714. The normalized spacial score (nSPS) is 11.6. The molecule has 0 radical (unpaired) electrons. The molecule has 1 rings (SSSR count). The summed E-state index contributed by atoms with van der Waals surface area (Å²) < 4.78 is 5.04. The summed E-state index contributed by atoms with van der Waals surface area (Å²) in [6.45, 7) is 8.84. The Kier molecular flexibility index (Phi) is 6.18. The summed E-state index contributed by atoms with van der Waals surface area (Å²) in [5, 5.41) is 3.40. The van der Waals surface area contributed by atoms with Crippen LogP contribution in [0.1, 0.15) is 32.9 Å². The maximum atomic E-state index is 5.04. The molecule has 0 atom stereocenters. The van der Waals surface area contributed by atoms with Gasteiger partial charge in [-0.1, -0.05) is 0 Å². The van der Waals surface area contributed by atoms with Crippen LogP contribution in [-0.4, -0.2) is 42.8 Å². The Hall–Kier alpha value is -1.20. The smallest absolute Gasteiger partial charge is 0.146 e. The molecule has 0 spiro atoms. The molecule has 1 heterocycles. The standard InChI is InChI=1S/C14H26N4O/c1-14(2,3)17-10-12-9-16-13(11-15-12)18(4)7-6-8-19-5/h9,11,17H,6-8,10H2,1-5H3. The Balaban J connectivity index is 2.46. The Bertz CT molecular complexity index is 359. The minimum Gasteiger partial charge on any atom is -0.385 e. The first-order chi connectivity index (χ1) is 8.92. The van der Waals surface area contributed by atoms with Gasteiger partial charge in [-0.05, 0) is 27.2 Å². The van der Waals surface area contributed by atoms with Crippen molar-refractivity contribution in [1.29, 1.82) is 0 Å². The third-order valence-corrected chi connectivity index (χ3v) is 2.72. The molecular weight excluding hydrogens is 240 g/mol. The van der Waals surface area contributed by atoms with Gasteiger partial charge in [-0.25, -0.2) is 4.98 Å². The van der Waals surface area contributed by atoms with Crippen LogP contribution >= 0.6 is 0 Å². The van der Waals surface area contributed by atoms with Gasteiger partial charge >= 0.3 is 0 Å². The molecule has 0 amide bonds. The number of methoxy groups -OCH3 is 1. The van der Waals surface area contributed by atoms with Crippen molar-refractivity contribution in [2.75, 3.05) is 32.2 Å². The van der Waals surface area contributed by atoms with Crippen molar-refractivity contribution in [1.82, 2.24) is 15.3 Å². The molecule has 0 saturated carbocycles. The van der Waals surface area contributed by atoms with Gasteiger partial charge in [0.15, 0.2) is 0 Å². The van der Waals surface area contributed by atoms with Gasteiger partial charge in [0, 0.05) is 39.4 Å². The number of ether oxygens (including phenoxy) is 1.